The number of nitrogens with one attached hydrogen (secondary N) is 1. The number of hydrogen-bond donors (Lipinski definition) is 2. The number of nitrogens with zero attached hydrogens (tertiary/aromatic N) is 1. The van der Waals surface area contributed by atoms with Crippen molar-refractivity contribution in [1.29, 1.82) is 0 Å². The lowest BCUT2D eigenvalue weighted by atomic mass is 9.82. The van der Waals surface area contributed by atoms with Crippen molar-refractivity contribution in [3.63, 3.8) is 0 Å². The summed E-state index contributed by atoms with van der Waals surface area (Å²) in [6, 6.07) is 30.3. The van der Waals surface area contributed by atoms with E-state index in [4.69, 9.17) is 31.2 Å². The Hall–Kier alpha value is -3.17. The zero-order valence-corrected chi connectivity index (χ0v) is 26.5. The summed E-state index contributed by atoms with van der Waals surface area (Å²) < 4.78 is 14.0. The van der Waals surface area contributed by atoms with E-state index < -0.39 is 11.6 Å². The monoisotopic (exact) mass is 710 g/mol. The Morgan fingerprint density at radius 3 is 2.33 bits per heavy atom. The fourth-order valence-electron chi connectivity index (χ4n) is 4.82. The van der Waals surface area contributed by atoms with Crippen LogP contribution in [0.2, 0.25) is 5.02 Å². The maximum Gasteiger partial charge on any atom is 0.252 e. The van der Waals surface area contributed by atoms with Gasteiger partial charge in [0.15, 0.2) is 11.6 Å². The predicted octanol–water partition coefficient (Wildman–Crippen LogP) is 7.44. The van der Waals surface area contributed by atoms with Gasteiger partial charge < -0.3 is 19.9 Å². The molecule has 4 aromatic carbocycles. The number of aliphatic imine (C=N–C) groups is 1. The van der Waals surface area contributed by atoms with E-state index in [1.165, 1.54) is 0 Å². The second kappa shape index (κ2) is 13.9. The number of hydrogen-bond acceptors (Lipinski definition) is 5. The van der Waals surface area contributed by atoms with Gasteiger partial charge in [0.05, 0.1) is 6.61 Å². The fraction of sp³-hybridized carbons (Fsp3) is 0.212. The smallest absolute Gasteiger partial charge is 0.252 e. The van der Waals surface area contributed by atoms with E-state index in [2.05, 4.69) is 37.2 Å². The molecule has 4 aromatic rings. The van der Waals surface area contributed by atoms with E-state index in [-0.39, 0.29) is 12.5 Å². The summed E-state index contributed by atoms with van der Waals surface area (Å²) in [6.07, 6.45) is 0.119. The van der Waals surface area contributed by atoms with Crippen molar-refractivity contribution in [3.05, 3.63) is 133 Å². The lowest BCUT2D eigenvalue weighted by molar-refractivity contribution is -0.129. The van der Waals surface area contributed by atoms with Gasteiger partial charge in [0, 0.05) is 51.1 Å². The van der Waals surface area contributed by atoms with Crippen LogP contribution in [0.5, 0.6) is 5.75 Å². The Bertz CT molecular complexity index is 1560. The van der Waals surface area contributed by atoms with Crippen LogP contribution >= 0.6 is 43.5 Å². The average Bonchev–Trinajstić information content (AvgIpc) is 3.39. The van der Waals surface area contributed by atoms with Gasteiger partial charge in [0.2, 0.25) is 5.90 Å². The van der Waals surface area contributed by atoms with Crippen LogP contribution in [0.25, 0.3) is 0 Å². The molecular weight excluding hydrogens is 684 g/mol. The first-order valence-electron chi connectivity index (χ1n) is 13.5. The van der Waals surface area contributed by atoms with Crippen LogP contribution in [0.3, 0.4) is 0 Å². The first-order chi connectivity index (χ1) is 20.4. The van der Waals surface area contributed by atoms with Crippen molar-refractivity contribution in [1.82, 2.24) is 5.32 Å². The number of rotatable bonds is 11. The number of amides is 1. The van der Waals surface area contributed by atoms with Gasteiger partial charge in [-0.1, -0.05) is 92.0 Å². The summed E-state index contributed by atoms with van der Waals surface area (Å²) in [5.41, 5.74) is 2.06. The standard InChI is InChI=1S/C33H29Br2ClN2O4/c34-28-8-3-1-6-24(28)20-33(32(40)37-21-22-10-14-25(36)15-11-22)30(27-7-2-4-9-29(27)35)42-31(38-33)23-12-16-26(17-13-23)41-19-5-18-39/h1-4,6-17,30,39H,5,18-21H2,(H,37,40)/t30-,33-/m1/s1. The third kappa shape index (κ3) is 6.89. The Kier molecular flexibility index (Phi) is 10.0. The quantitative estimate of drug-likeness (QED) is 0.159. The minimum absolute atomic E-state index is 0.0683. The molecule has 0 fully saturated rings. The SMILES string of the molecule is O=C(NCc1ccc(Cl)cc1)[C@]1(Cc2ccccc2Br)N=C(c2ccc(OCCCO)cc2)O[C@@H]1c1ccccc1Br. The molecule has 2 N–H and O–H groups in total. The second-order valence-electron chi connectivity index (χ2n) is 9.89. The number of halogens is 3. The lowest BCUT2D eigenvalue weighted by Gasteiger charge is -2.31. The van der Waals surface area contributed by atoms with Gasteiger partial charge in [-0.25, -0.2) is 4.99 Å². The van der Waals surface area contributed by atoms with Crippen LogP contribution in [0.1, 0.15) is 34.8 Å². The van der Waals surface area contributed by atoms with Crippen LogP contribution in [0.15, 0.2) is 111 Å². The molecule has 1 heterocycles. The summed E-state index contributed by atoms with van der Waals surface area (Å²) in [6.45, 7) is 0.792. The molecule has 1 aliphatic rings. The van der Waals surface area contributed by atoms with E-state index in [0.29, 0.717) is 42.7 Å². The van der Waals surface area contributed by atoms with E-state index in [0.717, 1.165) is 31.2 Å². The maximum absolute atomic E-state index is 14.4. The third-order valence-corrected chi connectivity index (χ3v) is 8.75. The number of ether oxygens (including phenoxy) is 2. The molecule has 0 aliphatic carbocycles. The molecule has 0 unspecified atom stereocenters. The largest absolute Gasteiger partial charge is 0.494 e. The van der Waals surface area contributed by atoms with Gasteiger partial charge >= 0.3 is 0 Å². The molecule has 9 heteroatoms. The van der Waals surface area contributed by atoms with Crippen molar-refractivity contribution in [2.45, 2.75) is 31.0 Å². The summed E-state index contributed by atoms with van der Waals surface area (Å²) in [5.74, 6) is 0.785. The molecule has 1 amide bonds. The highest BCUT2D eigenvalue weighted by Gasteiger charge is 2.54. The molecule has 0 bridgehead atoms. The highest BCUT2D eigenvalue weighted by atomic mass is 79.9. The van der Waals surface area contributed by atoms with Crippen molar-refractivity contribution in [2.24, 2.45) is 4.99 Å². The Balaban J connectivity index is 1.57. The van der Waals surface area contributed by atoms with Gasteiger partial charge in [0.1, 0.15) is 5.75 Å². The Labute approximate surface area is 267 Å². The molecule has 1 aliphatic heterocycles. The van der Waals surface area contributed by atoms with E-state index >= 15 is 0 Å². The molecule has 5 rings (SSSR count). The highest BCUT2D eigenvalue weighted by Crippen LogP contribution is 2.45. The molecule has 0 aromatic heterocycles. The van der Waals surface area contributed by atoms with E-state index in [1.54, 1.807) is 12.1 Å². The average molecular weight is 713 g/mol. The van der Waals surface area contributed by atoms with Gasteiger partial charge in [-0.3, -0.25) is 4.79 Å². The summed E-state index contributed by atoms with van der Waals surface area (Å²) >= 11 is 13.4. The minimum Gasteiger partial charge on any atom is -0.494 e. The molecule has 6 nitrogen and oxygen atoms in total. The zero-order valence-electron chi connectivity index (χ0n) is 22.6. The minimum atomic E-state index is -1.33. The van der Waals surface area contributed by atoms with Crippen LogP contribution in [0, 0.1) is 0 Å². The molecule has 0 saturated carbocycles. The molecular formula is C33H29Br2ClN2O4. The maximum atomic E-state index is 14.4. The summed E-state index contributed by atoms with van der Waals surface area (Å²) in [7, 11) is 0. The summed E-state index contributed by atoms with van der Waals surface area (Å²) in [4.78, 5) is 19.5. The third-order valence-electron chi connectivity index (χ3n) is 7.00. The number of carbonyl (C=O) groups excluding carboxylic acids is 1. The topological polar surface area (TPSA) is 80.2 Å². The van der Waals surface area contributed by atoms with Crippen molar-refractivity contribution >= 4 is 55.3 Å². The lowest BCUT2D eigenvalue weighted by Crippen LogP contribution is -2.49. The molecule has 0 saturated heterocycles. The van der Waals surface area contributed by atoms with Crippen molar-refractivity contribution in [3.8, 4) is 5.75 Å². The van der Waals surface area contributed by atoms with Crippen LogP contribution in [-0.2, 0) is 22.5 Å². The number of aliphatic hydroxyl groups excluding tert-OH is 1. The normalized spacial score (nSPS) is 17.8. The molecule has 216 valence electrons. The first kappa shape index (κ1) is 30.3. The Morgan fingerprint density at radius 2 is 1.64 bits per heavy atom. The molecule has 2 atom stereocenters. The van der Waals surface area contributed by atoms with Crippen molar-refractivity contribution in [2.75, 3.05) is 13.2 Å². The molecule has 42 heavy (non-hydrogen) atoms. The zero-order chi connectivity index (χ0) is 29.5. The van der Waals surface area contributed by atoms with E-state index in [1.807, 2.05) is 84.9 Å². The van der Waals surface area contributed by atoms with E-state index in [9.17, 15) is 4.79 Å². The van der Waals surface area contributed by atoms with Crippen LogP contribution in [0.4, 0.5) is 0 Å². The number of benzene rings is 4. The van der Waals surface area contributed by atoms with Crippen molar-refractivity contribution < 1.29 is 19.4 Å². The van der Waals surface area contributed by atoms with Gasteiger partial charge in [-0.05, 0) is 59.7 Å². The van der Waals surface area contributed by atoms with Gasteiger partial charge in [-0.15, -0.1) is 0 Å². The number of aliphatic hydroxyl groups is 1. The molecule has 0 radical (unpaired) electrons. The highest BCUT2D eigenvalue weighted by molar-refractivity contribution is 9.10. The van der Waals surface area contributed by atoms with Gasteiger partial charge in [0.25, 0.3) is 5.91 Å². The van der Waals surface area contributed by atoms with Gasteiger partial charge in [-0.2, -0.15) is 0 Å². The Morgan fingerprint density at radius 1 is 0.952 bits per heavy atom. The van der Waals surface area contributed by atoms with Crippen LogP contribution in [-0.4, -0.2) is 35.7 Å². The second-order valence-corrected chi connectivity index (χ2v) is 12.0. The predicted molar refractivity (Wildman–Crippen MR) is 172 cm³/mol. The summed E-state index contributed by atoms with van der Waals surface area (Å²) in [5, 5.41) is 12.8. The fourth-order valence-corrected chi connectivity index (χ4v) is 5.86. The first-order valence-corrected chi connectivity index (χ1v) is 15.5. The van der Waals surface area contributed by atoms with Crippen LogP contribution < -0.4 is 10.1 Å². The number of carbonyl (C=O) groups is 1. The molecule has 0 spiro atoms.